The zero-order chi connectivity index (χ0) is 21.2. The summed E-state index contributed by atoms with van der Waals surface area (Å²) in [6.07, 6.45) is 3.21. The minimum absolute atomic E-state index is 0.199. The molecule has 0 N–H and O–H groups in total. The molecule has 0 bridgehead atoms. The summed E-state index contributed by atoms with van der Waals surface area (Å²) in [6.45, 7) is 0. The van der Waals surface area contributed by atoms with Crippen LogP contribution in [0.15, 0.2) is 83.3 Å². The number of nitrogens with zero attached hydrogens (tertiary/aromatic N) is 2. The van der Waals surface area contributed by atoms with Crippen LogP contribution in [-0.4, -0.2) is 19.1 Å². The Bertz CT molecular complexity index is 1110. The monoisotopic (exact) mass is 410 g/mol. The highest BCUT2D eigenvalue weighted by Crippen LogP contribution is 2.42. The van der Waals surface area contributed by atoms with E-state index in [-0.39, 0.29) is 6.04 Å². The molecule has 1 heterocycles. The van der Waals surface area contributed by atoms with Gasteiger partial charge in [-0.3, -0.25) is 0 Å². The van der Waals surface area contributed by atoms with Gasteiger partial charge in [0.15, 0.2) is 5.76 Å². The molecule has 31 heavy (non-hydrogen) atoms. The van der Waals surface area contributed by atoms with Crippen LogP contribution in [0.3, 0.4) is 0 Å². The molecule has 0 saturated heterocycles. The Morgan fingerprint density at radius 1 is 0.903 bits per heavy atom. The molecule has 1 aliphatic carbocycles. The highest BCUT2D eigenvalue weighted by Gasteiger charge is 2.29. The molecule has 0 saturated carbocycles. The van der Waals surface area contributed by atoms with Crippen molar-refractivity contribution in [1.29, 1.82) is 0 Å². The van der Waals surface area contributed by atoms with E-state index in [2.05, 4.69) is 48.3 Å². The van der Waals surface area contributed by atoms with Crippen LogP contribution in [0.4, 0.5) is 6.01 Å². The molecule has 0 radical (unpaired) electrons. The van der Waals surface area contributed by atoms with E-state index in [9.17, 15) is 0 Å². The summed E-state index contributed by atoms with van der Waals surface area (Å²) < 4.78 is 12.1. The first-order valence-corrected chi connectivity index (χ1v) is 10.8. The SMILES string of the molecule is COc1cccc2c1CCCC2N(C)c1nc(-c2ccccc2)c(-c2ccccc2)o1. The first kappa shape index (κ1) is 19.4. The van der Waals surface area contributed by atoms with Crippen molar-refractivity contribution in [1.82, 2.24) is 4.98 Å². The van der Waals surface area contributed by atoms with Crippen molar-refractivity contribution in [2.75, 3.05) is 19.1 Å². The van der Waals surface area contributed by atoms with Gasteiger partial charge in [0.05, 0.1) is 13.2 Å². The fourth-order valence-electron chi connectivity index (χ4n) is 4.55. The van der Waals surface area contributed by atoms with Gasteiger partial charge in [0.25, 0.3) is 6.01 Å². The van der Waals surface area contributed by atoms with Gasteiger partial charge in [-0.2, -0.15) is 4.98 Å². The summed E-state index contributed by atoms with van der Waals surface area (Å²) in [4.78, 5) is 7.15. The predicted octanol–water partition coefficient (Wildman–Crippen LogP) is 6.53. The first-order chi connectivity index (χ1) is 15.3. The number of rotatable bonds is 5. The van der Waals surface area contributed by atoms with Crippen molar-refractivity contribution in [2.45, 2.75) is 25.3 Å². The summed E-state index contributed by atoms with van der Waals surface area (Å²) in [5, 5.41) is 0. The smallest absolute Gasteiger partial charge is 0.298 e. The molecule has 0 fully saturated rings. The Balaban J connectivity index is 1.58. The standard InChI is InChI=1S/C27H26N2O2/c1-29(23-17-9-16-22-21(23)15-10-18-24(22)30-2)27-28-25(19-11-5-3-6-12-19)26(31-27)20-13-7-4-8-14-20/h3-8,10-15,18,23H,9,16-17H2,1-2H3. The van der Waals surface area contributed by atoms with Gasteiger partial charge in [0, 0.05) is 18.2 Å². The van der Waals surface area contributed by atoms with E-state index in [4.69, 9.17) is 14.1 Å². The van der Waals surface area contributed by atoms with Crippen LogP contribution in [0.1, 0.15) is 30.0 Å². The third-order valence-corrected chi connectivity index (χ3v) is 6.12. The Kier molecular flexibility index (Phi) is 5.21. The van der Waals surface area contributed by atoms with Gasteiger partial charge in [-0.15, -0.1) is 0 Å². The Labute approximate surface area is 183 Å². The van der Waals surface area contributed by atoms with E-state index in [1.807, 2.05) is 42.5 Å². The quantitative estimate of drug-likeness (QED) is 0.375. The van der Waals surface area contributed by atoms with E-state index in [0.717, 1.165) is 47.6 Å². The minimum Gasteiger partial charge on any atom is -0.496 e. The van der Waals surface area contributed by atoms with E-state index in [1.54, 1.807) is 7.11 Å². The Hall–Kier alpha value is -3.53. The topological polar surface area (TPSA) is 38.5 Å². The second kappa shape index (κ2) is 8.31. The first-order valence-electron chi connectivity index (χ1n) is 10.8. The highest BCUT2D eigenvalue weighted by atomic mass is 16.5. The van der Waals surface area contributed by atoms with Gasteiger partial charge in [-0.1, -0.05) is 72.8 Å². The van der Waals surface area contributed by atoms with Gasteiger partial charge >= 0.3 is 0 Å². The van der Waals surface area contributed by atoms with Crippen molar-refractivity contribution in [2.24, 2.45) is 0 Å². The van der Waals surface area contributed by atoms with Gasteiger partial charge in [-0.25, -0.2) is 0 Å². The van der Waals surface area contributed by atoms with E-state index in [0.29, 0.717) is 6.01 Å². The minimum atomic E-state index is 0.199. The average molecular weight is 411 g/mol. The number of benzene rings is 3. The van der Waals surface area contributed by atoms with Crippen LogP contribution in [0.5, 0.6) is 5.75 Å². The molecular weight excluding hydrogens is 384 g/mol. The van der Waals surface area contributed by atoms with Crippen LogP contribution in [0.2, 0.25) is 0 Å². The molecule has 3 aromatic carbocycles. The largest absolute Gasteiger partial charge is 0.496 e. The van der Waals surface area contributed by atoms with Crippen molar-refractivity contribution in [3.8, 4) is 28.3 Å². The molecule has 1 aromatic heterocycles. The van der Waals surface area contributed by atoms with Crippen molar-refractivity contribution < 1.29 is 9.15 Å². The Morgan fingerprint density at radius 2 is 1.61 bits per heavy atom. The number of hydrogen-bond donors (Lipinski definition) is 0. The second-order valence-corrected chi connectivity index (χ2v) is 7.95. The summed E-state index contributed by atoms with van der Waals surface area (Å²) in [5.74, 6) is 1.77. The Morgan fingerprint density at radius 3 is 2.32 bits per heavy atom. The lowest BCUT2D eigenvalue weighted by Gasteiger charge is -2.33. The molecule has 1 unspecified atom stereocenters. The third kappa shape index (κ3) is 3.59. The number of anilines is 1. The van der Waals surface area contributed by atoms with Gasteiger partial charge in [-0.05, 0) is 36.5 Å². The number of methoxy groups -OCH3 is 1. The number of fused-ring (bicyclic) bond motifs is 1. The lowest BCUT2D eigenvalue weighted by Crippen LogP contribution is -2.28. The van der Waals surface area contributed by atoms with Gasteiger partial charge in [0.2, 0.25) is 0 Å². The van der Waals surface area contributed by atoms with E-state index in [1.165, 1.54) is 11.1 Å². The zero-order valence-electron chi connectivity index (χ0n) is 17.9. The maximum Gasteiger partial charge on any atom is 0.298 e. The molecule has 0 aliphatic heterocycles. The molecule has 156 valence electrons. The van der Waals surface area contributed by atoms with Crippen LogP contribution < -0.4 is 9.64 Å². The molecule has 1 aliphatic rings. The highest BCUT2D eigenvalue weighted by molar-refractivity contribution is 5.78. The summed E-state index contributed by atoms with van der Waals surface area (Å²) in [6, 6.07) is 27.6. The normalized spacial score (nSPS) is 15.4. The fraction of sp³-hybridized carbons (Fsp3) is 0.222. The van der Waals surface area contributed by atoms with Gasteiger partial charge < -0.3 is 14.1 Å². The van der Waals surface area contributed by atoms with E-state index >= 15 is 0 Å². The number of aromatic nitrogens is 1. The summed E-state index contributed by atoms with van der Waals surface area (Å²) in [7, 11) is 3.82. The second-order valence-electron chi connectivity index (χ2n) is 7.95. The third-order valence-electron chi connectivity index (χ3n) is 6.12. The fourth-order valence-corrected chi connectivity index (χ4v) is 4.55. The van der Waals surface area contributed by atoms with E-state index < -0.39 is 0 Å². The van der Waals surface area contributed by atoms with Crippen LogP contribution in [0.25, 0.3) is 22.6 Å². The molecule has 0 spiro atoms. The molecule has 5 rings (SSSR count). The molecule has 1 atom stereocenters. The van der Waals surface area contributed by atoms with Crippen LogP contribution >= 0.6 is 0 Å². The van der Waals surface area contributed by atoms with Gasteiger partial charge in [0.1, 0.15) is 11.4 Å². The lowest BCUT2D eigenvalue weighted by atomic mass is 9.86. The zero-order valence-corrected chi connectivity index (χ0v) is 17.9. The van der Waals surface area contributed by atoms with Crippen molar-refractivity contribution in [3.63, 3.8) is 0 Å². The van der Waals surface area contributed by atoms with Crippen LogP contribution in [0, 0.1) is 0 Å². The van der Waals surface area contributed by atoms with Crippen LogP contribution in [-0.2, 0) is 6.42 Å². The molecule has 4 heteroatoms. The maximum absolute atomic E-state index is 6.43. The lowest BCUT2D eigenvalue weighted by molar-refractivity contribution is 0.401. The number of ether oxygens (including phenoxy) is 1. The average Bonchev–Trinajstić information content (AvgIpc) is 3.29. The summed E-state index contributed by atoms with van der Waals surface area (Å²) >= 11 is 0. The summed E-state index contributed by atoms with van der Waals surface area (Å²) in [5.41, 5.74) is 5.55. The number of hydrogen-bond acceptors (Lipinski definition) is 4. The predicted molar refractivity (Wildman–Crippen MR) is 124 cm³/mol. The molecular formula is C27H26N2O2. The van der Waals surface area contributed by atoms with Crippen molar-refractivity contribution >= 4 is 6.01 Å². The molecule has 4 nitrogen and oxygen atoms in total. The van der Waals surface area contributed by atoms with Crippen molar-refractivity contribution in [3.05, 3.63) is 90.0 Å². The molecule has 4 aromatic rings. The maximum atomic E-state index is 6.43. The number of oxazole rings is 1. The molecule has 0 amide bonds.